The second kappa shape index (κ2) is 5.42. The molecule has 1 aromatic carbocycles. The molecule has 2 amide bonds. The Hall–Kier alpha value is -3.16. The third-order valence-electron chi connectivity index (χ3n) is 5.05. The molecule has 4 heterocycles. The van der Waals surface area contributed by atoms with Crippen molar-refractivity contribution in [3.05, 3.63) is 41.8 Å². The Bertz CT molecular complexity index is 1030. The average molecular weight is 351 g/mol. The van der Waals surface area contributed by atoms with Gasteiger partial charge in [0.1, 0.15) is 5.76 Å². The molecule has 0 bridgehead atoms. The highest BCUT2D eigenvalue weighted by molar-refractivity contribution is 5.99. The fraction of sp³-hybridized carbons (Fsp3) is 0.333. The molecule has 5 rings (SSSR count). The molecule has 2 aliphatic heterocycles. The lowest BCUT2D eigenvalue weighted by molar-refractivity contribution is -0.126. The lowest BCUT2D eigenvalue weighted by Crippen LogP contribution is -2.56. The highest BCUT2D eigenvalue weighted by Gasteiger charge is 2.41. The average Bonchev–Trinajstić information content (AvgIpc) is 3.27. The van der Waals surface area contributed by atoms with E-state index in [9.17, 15) is 9.59 Å². The summed E-state index contributed by atoms with van der Waals surface area (Å²) in [5, 5.41) is 3.75. The van der Waals surface area contributed by atoms with Gasteiger partial charge in [-0.15, -0.1) is 0 Å². The minimum atomic E-state index is -0.196. The molecule has 1 saturated heterocycles. The number of likely N-dealkylation sites (tertiary alicyclic amines) is 1. The summed E-state index contributed by atoms with van der Waals surface area (Å²) in [5.74, 6) is 0.933. The molecule has 0 atom stereocenters. The van der Waals surface area contributed by atoms with Gasteiger partial charge in [-0.3, -0.25) is 14.5 Å². The van der Waals surface area contributed by atoms with E-state index < -0.39 is 0 Å². The van der Waals surface area contributed by atoms with E-state index in [4.69, 9.17) is 4.52 Å². The molecule has 8 heteroatoms. The Morgan fingerprint density at radius 1 is 1.19 bits per heavy atom. The first kappa shape index (κ1) is 15.1. The van der Waals surface area contributed by atoms with Crippen LogP contribution in [-0.2, 0) is 11.3 Å². The number of benzene rings is 1. The number of anilines is 1. The van der Waals surface area contributed by atoms with Gasteiger partial charge in [0.15, 0.2) is 5.69 Å². The maximum atomic E-state index is 12.9. The second-order valence-electron chi connectivity index (χ2n) is 6.77. The van der Waals surface area contributed by atoms with E-state index in [2.05, 4.69) is 14.7 Å². The van der Waals surface area contributed by atoms with Crippen molar-refractivity contribution in [3.8, 4) is 0 Å². The van der Waals surface area contributed by atoms with Crippen molar-refractivity contribution in [2.24, 2.45) is 5.92 Å². The molecule has 0 saturated carbocycles. The first-order valence-corrected chi connectivity index (χ1v) is 8.61. The summed E-state index contributed by atoms with van der Waals surface area (Å²) < 4.78 is 7.02. The summed E-state index contributed by atoms with van der Waals surface area (Å²) in [6, 6.07) is 9.50. The Kier molecular flexibility index (Phi) is 3.15. The molecule has 0 unspecified atom stereocenters. The van der Waals surface area contributed by atoms with Crippen LogP contribution in [0, 0.1) is 12.8 Å². The lowest BCUT2D eigenvalue weighted by atomic mass is 9.98. The van der Waals surface area contributed by atoms with Crippen LogP contribution in [0.4, 0.5) is 5.95 Å². The number of aromatic nitrogens is 3. The summed E-state index contributed by atoms with van der Waals surface area (Å²) in [5.41, 5.74) is 2.23. The first-order valence-electron chi connectivity index (χ1n) is 8.61. The Labute approximate surface area is 149 Å². The highest BCUT2D eigenvalue weighted by Crippen LogP contribution is 2.30. The normalized spacial score (nSPS) is 16.8. The van der Waals surface area contributed by atoms with Crippen LogP contribution in [-0.4, -0.2) is 51.1 Å². The number of carbonyl (C=O) groups is 2. The second-order valence-corrected chi connectivity index (χ2v) is 6.77. The number of amides is 2. The lowest BCUT2D eigenvalue weighted by Gasteiger charge is -2.39. The molecule has 2 aromatic heterocycles. The quantitative estimate of drug-likeness (QED) is 0.698. The van der Waals surface area contributed by atoms with Gasteiger partial charge in [0.2, 0.25) is 11.9 Å². The van der Waals surface area contributed by atoms with E-state index in [1.54, 1.807) is 22.8 Å². The highest BCUT2D eigenvalue weighted by atomic mass is 16.5. The minimum Gasteiger partial charge on any atom is -0.361 e. The molecule has 132 valence electrons. The van der Waals surface area contributed by atoms with E-state index in [1.165, 1.54) is 0 Å². The summed E-state index contributed by atoms with van der Waals surface area (Å²) in [6.07, 6.45) is 0. The van der Waals surface area contributed by atoms with Gasteiger partial charge in [-0.2, -0.15) is 0 Å². The zero-order chi connectivity index (χ0) is 17.8. The van der Waals surface area contributed by atoms with Gasteiger partial charge in [0, 0.05) is 32.2 Å². The zero-order valence-electron chi connectivity index (χ0n) is 14.3. The summed E-state index contributed by atoms with van der Waals surface area (Å²) >= 11 is 0. The van der Waals surface area contributed by atoms with Gasteiger partial charge in [-0.1, -0.05) is 17.3 Å². The molecular weight excluding hydrogens is 334 g/mol. The molecule has 0 radical (unpaired) electrons. The van der Waals surface area contributed by atoms with Crippen LogP contribution in [0.1, 0.15) is 16.2 Å². The van der Waals surface area contributed by atoms with Crippen LogP contribution < -0.4 is 4.90 Å². The van der Waals surface area contributed by atoms with E-state index in [0.29, 0.717) is 31.3 Å². The summed E-state index contributed by atoms with van der Waals surface area (Å²) in [7, 11) is 0. The van der Waals surface area contributed by atoms with Crippen molar-refractivity contribution >= 4 is 28.8 Å². The maximum Gasteiger partial charge on any atom is 0.276 e. The standard InChI is InChI=1S/C18H17N5O3/c1-11-8-14(20-26-11)17(25)21-9-12(10-21)16(24)23-7-6-22-15-5-3-2-4-13(15)19-18(22)23/h2-5,8,12H,6-7,9-10H2,1H3. The number of imidazole rings is 1. The Balaban J connectivity index is 1.30. The number of carbonyl (C=O) groups excluding carboxylic acids is 2. The summed E-state index contributed by atoms with van der Waals surface area (Å²) in [6.45, 7) is 3.92. The van der Waals surface area contributed by atoms with Gasteiger partial charge < -0.3 is 14.0 Å². The van der Waals surface area contributed by atoms with Crippen molar-refractivity contribution < 1.29 is 14.1 Å². The smallest absolute Gasteiger partial charge is 0.276 e. The van der Waals surface area contributed by atoms with E-state index in [0.717, 1.165) is 17.6 Å². The molecule has 2 aliphatic rings. The largest absolute Gasteiger partial charge is 0.361 e. The van der Waals surface area contributed by atoms with Gasteiger partial charge in [-0.25, -0.2) is 4.98 Å². The van der Waals surface area contributed by atoms with Crippen molar-refractivity contribution in [1.29, 1.82) is 0 Å². The molecule has 26 heavy (non-hydrogen) atoms. The first-order chi connectivity index (χ1) is 12.6. The van der Waals surface area contributed by atoms with Crippen LogP contribution in [0.3, 0.4) is 0 Å². The SMILES string of the molecule is Cc1cc(C(=O)N2CC(C(=O)N3CCn4c3nc3ccccc34)C2)no1. The summed E-state index contributed by atoms with van der Waals surface area (Å²) in [4.78, 5) is 33.2. The molecule has 0 N–H and O–H groups in total. The molecule has 8 nitrogen and oxygen atoms in total. The van der Waals surface area contributed by atoms with Crippen LogP contribution in [0.25, 0.3) is 11.0 Å². The van der Waals surface area contributed by atoms with Gasteiger partial charge in [-0.05, 0) is 19.1 Å². The molecule has 3 aromatic rings. The Morgan fingerprint density at radius 3 is 2.77 bits per heavy atom. The number of hydrogen-bond acceptors (Lipinski definition) is 5. The predicted molar refractivity (Wildman–Crippen MR) is 92.7 cm³/mol. The topological polar surface area (TPSA) is 84.5 Å². The third-order valence-corrected chi connectivity index (χ3v) is 5.05. The number of aryl methyl sites for hydroxylation is 1. The van der Waals surface area contributed by atoms with Crippen molar-refractivity contribution in [2.75, 3.05) is 24.5 Å². The van der Waals surface area contributed by atoms with Crippen LogP contribution in [0.15, 0.2) is 34.9 Å². The van der Waals surface area contributed by atoms with E-state index >= 15 is 0 Å². The number of nitrogens with zero attached hydrogens (tertiary/aromatic N) is 5. The van der Waals surface area contributed by atoms with Crippen LogP contribution >= 0.6 is 0 Å². The molecule has 1 fully saturated rings. The number of fused-ring (bicyclic) bond motifs is 3. The molecule has 0 spiro atoms. The number of para-hydroxylation sites is 2. The van der Waals surface area contributed by atoms with Gasteiger partial charge >= 0.3 is 0 Å². The maximum absolute atomic E-state index is 12.9. The predicted octanol–water partition coefficient (Wildman–Crippen LogP) is 1.45. The molecule has 0 aliphatic carbocycles. The minimum absolute atomic E-state index is 0.0273. The van der Waals surface area contributed by atoms with Crippen molar-refractivity contribution in [3.63, 3.8) is 0 Å². The fourth-order valence-electron chi connectivity index (χ4n) is 3.65. The number of rotatable bonds is 2. The van der Waals surface area contributed by atoms with Gasteiger partial charge in [0.05, 0.1) is 17.0 Å². The monoisotopic (exact) mass is 351 g/mol. The molecular formula is C18H17N5O3. The van der Waals surface area contributed by atoms with Gasteiger partial charge in [0.25, 0.3) is 5.91 Å². The van der Waals surface area contributed by atoms with E-state index in [1.807, 2.05) is 24.3 Å². The van der Waals surface area contributed by atoms with E-state index in [-0.39, 0.29) is 23.4 Å². The zero-order valence-corrected chi connectivity index (χ0v) is 14.3. The van der Waals surface area contributed by atoms with Crippen LogP contribution in [0.5, 0.6) is 0 Å². The van der Waals surface area contributed by atoms with Crippen molar-refractivity contribution in [1.82, 2.24) is 19.6 Å². The fourth-order valence-corrected chi connectivity index (χ4v) is 3.65. The third kappa shape index (κ3) is 2.15. The van der Waals surface area contributed by atoms with Crippen molar-refractivity contribution in [2.45, 2.75) is 13.5 Å². The van der Waals surface area contributed by atoms with Crippen LogP contribution in [0.2, 0.25) is 0 Å². The number of hydrogen-bond donors (Lipinski definition) is 0. The Morgan fingerprint density at radius 2 is 2.00 bits per heavy atom.